The largest absolute Gasteiger partial charge is 0.482 e. The van der Waals surface area contributed by atoms with Crippen LogP contribution in [0.2, 0.25) is 0 Å². The highest BCUT2D eigenvalue weighted by atomic mass is 16.5. The van der Waals surface area contributed by atoms with Crippen molar-refractivity contribution in [2.45, 2.75) is 26.3 Å². The molecule has 1 unspecified atom stereocenters. The Morgan fingerprint density at radius 3 is 2.80 bits per heavy atom. The lowest BCUT2D eigenvalue weighted by Crippen LogP contribution is -2.33. The van der Waals surface area contributed by atoms with Crippen molar-refractivity contribution in [1.29, 1.82) is 0 Å². The highest BCUT2D eigenvalue weighted by Crippen LogP contribution is 2.17. The van der Waals surface area contributed by atoms with Gasteiger partial charge in [-0.1, -0.05) is 13.0 Å². The fourth-order valence-corrected chi connectivity index (χ4v) is 1.43. The van der Waals surface area contributed by atoms with Gasteiger partial charge < -0.3 is 20.5 Å². The van der Waals surface area contributed by atoms with Crippen LogP contribution in [0.1, 0.15) is 20.3 Å². The number of ether oxygens (including phenoxy) is 1. The van der Waals surface area contributed by atoms with Crippen LogP contribution in [0.25, 0.3) is 0 Å². The minimum absolute atomic E-state index is 0.152. The minimum Gasteiger partial charge on any atom is -0.482 e. The third-order valence-electron chi connectivity index (χ3n) is 2.70. The summed E-state index contributed by atoms with van der Waals surface area (Å²) < 4.78 is 5.04. The number of anilines is 1. The van der Waals surface area contributed by atoms with E-state index in [0.717, 1.165) is 6.42 Å². The van der Waals surface area contributed by atoms with Crippen molar-refractivity contribution in [3.05, 3.63) is 24.3 Å². The molecule has 1 aromatic carbocycles. The van der Waals surface area contributed by atoms with Crippen LogP contribution in [-0.2, 0) is 9.59 Å². The molecule has 0 saturated carbocycles. The maximum atomic E-state index is 11.7. The van der Waals surface area contributed by atoms with E-state index in [4.69, 9.17) is 9.84 Å². The minimum atomic E-state index is -1.04. The topological polar surface area (TPSA) is 87.7 Å². The van der Waals surface area contributed by atoms with E-state index in [1.807, 2.05) is 13.8 Å². The number of rotatable bonds is 8. The van der Waals surface area contributed by atoms with Crippen LogP contribution in [0.4, 0.5) is 5.69 Å². The van der Waals surface area contributed by atoms with Crippen molar-refractivity contribution >= 4 is 17.6 Å². The maximum Gasteiger partial charge on any atom is 0.341 e. The third kappa shape index (κ3) is 6.19. The Labute approximate surface area is 118 Å². The summed E-state index contributed by atoms with van der Waals surface area (Å²) in [7, 11) is 0. The van der Waals surface area contributed by atoms with E-state index >= 15 is 0 Å². The van der Waals surface area contributed by atoms with Crippen molar-refractivity contribution in [1.82, 2.24) is 5.32 Å². The number of carbonyl (C=O) groups excluding carboxylic acids is 1. The molecule has 0 aliphatic heterocycles. The molecule has 0 spiro atoms. The SMILES string of the molecule is CCC(C)NCC(=O)Nc1cccc(OCC(=O)O)c1. The van der Waals surface area contributed by atoms with E-state index in [1.54, 1.807) is 24.3 Å². The molecule has 20 heavy (non-hydrogen) atoms. The average Bonchev–Trinajstić information content (AvgIpc) is 2.43. The molecule has 0 aliphatic carbocycles. The van der Waals surface area contributed by atoms with Crippen LogP contribution in [0, 0.1) is 0 Å². The first-order valence-electron chi connectivity index (χ1n) is 6.49. The summed E-state index contributed by atoms with van der Waals surface area (Å²) in [5.41, 5.74) is 0.573. The zero-order chi connectivity index (χ0) is 15.0. The lowest BCUT2D eigenvalue weighted by atomic mass is 10.2. The van der Waals surface area contributed by atoms with E-state index in [9.17, 15) is 9.59 Å². The molecule has 1 atom stereocenters. The van der Waals surface area contributed by atoms with Crippen LogP contribution < -0.4 is 15.4 Å². The number of amides is 1. The molecular formula is C14H20N2O4. The number of hydrogen-bond donors (Lipinski definition) is 3. The number of carboxylic acids is 1. The molecule has 6 heteroatoms. The van der Waals surface area contributed by atoms with Gasteiger partial charge in [0.1, 0.15) is 5.75 Å². The summed E-state index contributed by atoms with van der Waals surface area (Å²) in [6.07, 6.45) is 0.950. The Morgan fingerprint density at radius 2 is 2.15 bits per heavy atom. The predicted molar refractivity (Wildman–Crippen MR) is 76.0 cm³/mol. The second-order valence-corrected chi connectivity index (χ2v) is 4.45. The number of aliphatic carboxylic acids is 1. The molecule has 0 aliphatic rings. The first-order valence-corrected chi connectivity index (χ1v) is 6.49. The van der Waals surface area contributed by atoms with Gasteiger partial charge in [0.2, 0.25) is 5.91 Å². The zero-order valence-electron chi connectivity index (χ0n) is 11.7. The van der Waals surface area contributed by atoms with E-state index < -0.39 is 12.6 Å². The van der Waals surface area contributed by atoms with Crippen molar-refractivity contribution in [3.63, 3.8) is 0 Å². The summed E-state index contributed by atoms with van der Waals surface area (Å²) >= 11 is 0. The molecule has 3 N–H and O–H groups in total. The van der Waals surface area contributed by atoms with Crippen LogP contribution in [0.5, 0.6) is 5.75 Å². The molecule has 0 radical (unpaired) electrons. The summed E-state index contributed by atoms with van der Waals surface area (Å²) in [6, 6.07) is 6.91. The van der Waals surface area contributed by atoms with Gasteiger partial charge >= 0.3 is 5.97 Å². The maximum absolute atomic E-state index is 11.7. The summed E-state index contributed by atoms with van der Waals surface area (Å²) in [6.45, 7) is 3.87. The normalized spacial score (nSPS) is 11.7. The van der Waals surface area contributed by atoms with Crippen LogP contribution >= 0.6 is 0 Å². The molecule has 0 heterocycles. The summed E-state index contributed by atoms with van der Waals surface area (Å²) in [5.74, 6) is -0.794. The molecule has 0 aromatic heterocycles. The highest BCUT2D eigenvalue weighted by Gasteiger charge is 2.06. The molecular weight excluding hydrogens is 260 g/mol. The summed E-state index contributed by atoms with van der Waals surface area (Å²) in [5, 5.41) is 14.3. The van der Waals surface area contributed by atoms with Gasteiger partial charge in [-0.25, -0.2) is 4.79 Å². The van der Waals surface area contributed by atoms with Crippen LogP contribution in [0.15, 0.2) is 24.3 Å². The van der Waals surface area contributed by atoms with E-state index in [0.29, 0.717) is 11.4 Å². The van der Waals surface area contributed by atoms with Gasteiger partial charge in [0, 0.05) is 17.8 Å². The van der Waals surface area contributed by atoms with Gasteiger partial charge in [0.15, 0.2) is 6.61 Å². The van der Waals surface area contributed by atoms with Gasteiger partial charge in [-0.15, -0.1) is 0 Å². The molecule has 0 saturated heterocycles. The first kappa shape index (κ1) is 16.0. The van der Waals surface area contributed by atoms with Crippen molar-refractivity contribution in [3.8, 4) is 5.75 Å². The highest BCUT2D eigenvalue weighted by molar-refractivity contribution is 5.92. The Morgan fingerprint density at radius 1 is 1.40 bits per heavy atom. The average molecular weight is 280 g/mol. The fraction of sp³-hybridized carbons (Fsp3) is 0.429. The Kier molecular flexibility index (Phi) is 6.52. The second kappa shape index (κ2) is 8.16. The number of carbonyl (C=O) groups is 2. The van der Waals surface area contributed by atoms with Gasteiger partial charge in [0.25, 0.3) is 0 Å². The summed E-state index contributed by atoms with van der Waals surface area (Å²) in [4.78, 5) is 22.1. The second-order valence-electron chi connectivity index (χ2n) is 4.45. The van der Waals surface area contributed by atoms with E-state index in [2.05, 4.69) is 10.6 Å². The monoisotopic (exact) mass is 280 g/mol. The number of carboxylic acid groups (broad SMARTS) is 1. The molecule has 1 rings (SSSR count). The van der Waals surface area contributed by atoms with Crippen molar-refractivity contribution in [2.75, 3.05) is 18.5 Å². The number of hydrogen-bond acceptors (Lipinski definition) is 4. The molecule has 1 aromatic rings. The first-order chi connectivity index (χ1) is 9.51. The van der Waals surface area contributed by atoms with Gasteiger partial charge in [-0.2, -0.15) is 0 Å². The quantitative estimate of drug-likeness (QED) is 0.671. The van der Waals surface area contributed by atoms with Crippen molar-refractivity contribution < 1.29 is 19.4 Å². The zero-order valence-corrected chi connectivity index (χ0v) is 11.7. The molecule has 110 valence electrons. The van der Waals surface area contributed by atoms with Crippen molar-refractivity contribution in [2.24, 2.45) is 0 Å². The van der Waals surface area contributed by atoms with Gasteiger partial charge in [0.05, 0.1) is 6.54 Å². The van der Waals surface area contributed by atoms with Crippen LogP contribution in [0.3, 0.4) is 0 Å². The fourth-order valence-electron chi connectivity index (χ4n) is 1.43. The lowest BCUT2D eigenvalue weighted by Gasteiger charge is -2.12. The molecule has 0 fully saturated rings. The molecule has 6 nitrogen and oxygen atoms in total. The van der Waals surface area contributed by atoms with Crippen LogP contribution in [-0.4, -0.2) is 36.2 Å². The molecule has 1 amide bonds. The van der Waals surface area contributed by atoms with E-state index in [1.165, 1.54) is 0 Å². The standard InChI is InChI=1S/C14H20N2O4/c1-3-10(2)15-8-13(17)16-11-5-4-6-12(7-11)20-9-14(18)19/h4-7,10,15H,3,8-9H2,1-2H3,(H,16,17)(H,18,19). The number of benzene rings is 1. The van der Waals surface area contributed by atoms with E-state index in [-0.39, 0.29) is 18.5 Å². The number of nitrogens with one attached hydrogen (secondary N) is 2. The molecule has 0 bridgehead atoms. The third-order valence-corrected chi connectivity index (χ3v) is 2.70. The predicted octanol–water partition coefficient (Wildman–Crippen LogP) is 1.48. The Hall–Kier alpha value is -2.08. The lowest BCUT2D eigenvalue weighted by molar-refractivity contribution is -0.139. The van der Waals surface area contributed by atoms with Gasteiger partial charge in [-0.3, -0.25) is 4.79 Å². The van der Waals surface area contributed by atoms with Gasteiger partial charge in [-0.05, 0) is 25.5 Å². The smallest absolute Gasteiger partial charge is 0.341 e. The Balaban J connectivity index is 2.48. The Bertz CT molecular complexity index is 462.